The topological polar surface area (TPSA) is 81.2 Å². The van der Waals surface area contributed by atoms with E-state index in [0.29, 0.717) is 24.1 Å². The average Bonchev–Trinajstić information content (AvgIpc) is 2.30. The Morgan fingerprint density at radius 3 is 2.78 bits per heavy atom. The Kier molecular flexibility index (Phi) is 4.65. The molecule has 0 radical (unpaired) electrons. The van der Waals surface area contributed by atoms with Gasteiger partial charge in [-0.05, 0) is 20.3 Å². The van der Waals surface area contributed by atoms with E-state index in [-0.39, 0.29) is 12.2 Å². The van der Waals surface area contributed by atoms with Crippen LogP contribution in [0.1, 0.15) is 18.9 Å². The van der Waals surface area contributed by atoms with E-state index in [2.05, 4.69) is 11.6 Å². The molecule has 0 aromatic carbocycles. The Morgan fingerprint density at radius 1 is 1.50 bits per heavy atom. The van der Waals surface area contributed by atoms with E-state index < -0.39 is 11.7 Å². The zero-order chi connectivity index (χ0) is 13.7. The van der Waals surface area contributed by atoms with Gasteiger partial charge in [-0.15, -0.1) is 0 Å². The maximum absolute atomic E-state index is 11.4. The van der Waals surface area contributed by atoms with Crippen molar-refractivity contribution in [2.24, 2.45) is 0 Å². The molecule has 0 spiro atoms. The molecule has 0 aliphatic rings. The number of carbonyl (C=O) groups excluding carboxylic acids is 1. The van der Waals surface area contributed by atoms with Gasteiger partial charge >= 0.3 is 11.7 Å². The van der Waals surface area contributed by atoms with E-state index in [0.717, 1.165) is 0 Å². The van der Waals surface area contributed by atoms with Crippen molar-refractivity contribution in [2.45, 2.75) is 26.8 Å². The number of aromatic amines is 1. The van der Waals surface area contributed by atoms with Crippen molar-refractivity contribution in [3.63, 3.8) is 0 Å². The molecule has 6 heteroatoms. The largest absolute Gasteiger partial charge is 0.462 e. The third kappa shape index (κ3) is 3.73. The van der Waals surface area contributed by atoms with Gasteiger partial charge in [-0.3, -0.25) is 9.78 Å². The minimum Gasteiger partial charge on any atom is -0.462 e. The fourth-order valence-corrected chi connectivity index (χ4v) is 1.31. The highest BCUT2D eigenvalue weighted by molar-refractivity contribution is 5.86. The van der Waals surface area contributed by atoms with Gasteiger partial charge in [0.1, 0.15) is 0 Å². The predicted octanol–water partition coefficient (Wildman–Crippen LogP) is 0.354. The first-order valence-corrected chi connectivity index (χ1v) is 5.55. The van der Waals surface area contributed by atoms with Gasteiger partial charge in [0, 0.05) is 23.9 Å². The monoisotopic (exact) mass is 252 g/mol. The molecule has 6 nitrogen and oxygen atoms in total. The van der Waals surface area contributed by atoms with Crippen LogP contribution in [-0.2, 0) is 16.1 Å². The molecule has 0 saturated carbocycles. The summed E-state index contributed by atoms with van der Waals surface area (Å²) in [6.45, 7) is 7.23. The Bertz CT molecular complexity index is 568. The molecule has 98 valence electrons. The lowest BCUT2D eigenvalue weighted by molar-refractivity contribution is -0.139. The van der Waals surface area contributed by atoms with Gasteiger partial charge in [0.05, 0.1) is 6.61 Å². The molecule has 0 saturated heterocycles. The number of H-pyrrole nitrogens is 1. The fourth-order valence-electron chi connectivity index (χ4n) is 1.31. The summed E-state index contributed by atoms with van der Waals surface area (Å²) in [7, 11) is 0. The Labute approximate surface area is 104 Å². The number of esters is 1. The molecule has 0 bridgehead atoms. The number of aromatic nitrogens is 2. The van der Waals surface area contributed by atoms with Gasteiger partial charge in [-0.25, -0.2) is 9.59 Å². The third-order valence-corrected chi connectivity index (χ3v) is 2.31. The highest BCUT2D eigenvalue weighted by atomic mass is 16.5. The maximum Gasteiger partial charge on any atom is 0.333 e. The quantitative estimate of drug-likeness (QED) is 0.466. The highest BCUT2D eigenvalue weighted by Crippen LogP contribution is 1.95. The lowest BCUT2D eigenvalue weighted by Crippen LogP contribution is -2.31. The first-order chi connectivity index (χ1) is 8.41. The van der Waals surface area contributed by atoms with Crippen molar-refractivity contribution in [3.05, 3.63) is 44.8 Å². The first-order valence-electron chi connectivity index (χ1n) is 5.55. The van der Waals surface area contributed by atoms with Crippen LogP contribution in [0.4, 0.5) is 0 Å². The van der Waals surface area contributed by atoms with Gasteiger partial charge in [0.2, 0.25) is 0 Å². The number of hydrogen-bond acceptors (Lipinski definition) is 4. The summed E-state index contributed by atoms with van der Waals surface area (Å²) < 4.78 is 6.27. The Hall–Kier alpha value is -2.11. The van der Waals surface area contributed by atoms with Crippen LogP contribution in [0.15, 0.2) is 27.9 Å². The molecular weight excluding hydrogens is 236 g/mol. The van der Waals surface area contributed by atoms with Crippen LogP contribution >= 0.6 is 0 Å². The number of rotatable bonds is 5. The maximum atomic E-state index is 11.4. The van der Waals surface area contributed by atoms with E-state index in [1.54, 1.807) is 13.8 Å². The van der Waals surface area contributed by atoms with Gasteiger partial charge < -0.3 is 9.30 Å². The van der Waals surface area contributed by atoms with Crippen molar-refractivity contribution in [2.75, 3.05) is 6.61 Å². The highest BCUT2D eigenvalue weighted by Gasteiger charge is 2.03. The first kappa shape index (κ1) is 14.0. The van der Waals surface area contributed by atoms with Crippen LogP contribution < -0.4 is 11.2 Å². The second kappa shape index (κ2) is 6.00. The van der Waals surface area contributed by atoms with Crippen LogP contribution in [0.3, 0.4) is 0 Å². The van der Waals surface area contributed by atoms with Crippen LogP contribution in [0.25, 0.3) is 0 Å². The smallest absolute Gasteiger partial charge is 0.333 e. The number of carbonyl (C=O) groups is 1. The minimum absolute atomic E-state index is 0.205. The van der Waals surface area contributed by atoms with E-state index in [4.69, 9.17) is 4.74 Å². The lowest BCUT2D eigenvalue weighted by atomic mass is 10.3. The van der Waals surface area contributed by atoms with E-state index in [1.807, 2.05) is 0 Å². The summed E-state index contributed by atoms with van der Waals surface area (Å²) in [6, 6.07) is 0. The van der Waals surface area contributed by atoms with E-state index in [1.165, 1.54) is 10.8 Å². The van der Waals surface area contributed by atoms with Crippen molar-refractivity contribution >= 4 is 5.97 Å². The number of hydrogen-bond donors (Lipinski definition) is 1. The molecule has 18 heavy (non-hydrogen) atoms. The molecule has 0 fully saturated rings. The predicted molar refractivity (Wildman–Crippen MR) is 66.4 cm³/mol. The molecule has 0 aliphatic carbocycles. The molecule has 1 N–H and O–H groups in total. The molecular formula is C12H16N2O4. The molecule has 0 atom stereocenters. The molecule has 0 amide bonds. The standard InChI is InChI=1S/C12H16N2O4/c1-8(2)11(16)18-6-4-5-14-7-9(3)10(15)13-12(14)17/h7H,1,4-6H2,2-3H3,(H,13,15,17). The number of nitrogens with one attached hydrogen (secondary N) is 1. The van der Waals surface area contributed by atoms with E-state index in [9.17, 15) is 14.4 Å². The summed E-state index contributed by atoms with van der Waals surface area (Å²) in [4.78, 5) is 35.8. The van der Waals surface area contributed by atoms with E-state index >= 15 is 0 Å². The molecule has 1 aromatic heterocycles. The molecule has 1 heterocycles. The molecule has 1 rings (SSSR count). The number of aryl methyl sites for hydroxylation is 2. The summed E-state index contributed by atoms with van der Waals surface area (Å²) in [6.07, 6.45) is 1.98. The van der Waals surface area contributed by atoms with Crippen molar-refractivity contribution in [1.82, 2.24) is 9.55 Å². The van der Waals surface area contributed by atoms with Crippen molar-refractivity contribution < 1.29 is 9.53 Å². The summed E-state index contributed by atoms with van der Waals surface area (Å²) >= 11 is 0. The van der Waals surface area contributed by atoms with Crippen molar-refractivity contribution in [3.8, 4) is 0 Å². The summed E-state index contributed by atoms with van der Waals surface area (Å²) in [5.41, 5.74) is -0.0395. The van der Waals surface area contributed by atoms with Crippen LogP contribution in [0.2, 0.25) is 0 Å². The third-order valence-electron chi connectivity index (χ3n) is 2.31. The Morgan fingerprint density at radius 2 is 2.17 bits per heavy atom. The lowest BCUT2D eigenvalue weighted by Gasteiger charge is -2.06. The fraction of sp³-hybridized carbons (Fsp3) is 0.417. The van der Waals surface area contributed by atoms with Crippen LogP contribution in [0, 0.1) is 6.92 Å². The minimum atomic E-state index is -0.461. The SMILES string of the molecule is C=C(C)C(=O)OCCCn1cc(C)c(=O)[nH]c1=O. The second-order valence-electron chi connectivity index (χ2n) is 4.03. The molecule has 1 aromatic rings. The van der Waals surface area contributed by atoms with Gasteiger partial charge in [0.25, 0.3) is 5.56 Å². The number of nitrogens with zero attached hydrogens (tertiary/aromatic N) is 1. The van der Waals surface area contributed by atoms with Gasteiger partial charge in [-0.1, -0.05) is 6.58 Å². The molecule has 0 aliphatic heterocycles. The number of ether oxygens (including phenoxy) is 1. The second-order valence-corrected chi connectivity index (χ2v) is 4.03. The summed E-state index contributed by atoms with van der Waals surface area (Å²) in [5, 5.41) is 0. The average molecular weight is 252 g/mol. The summed E-state index contributed by atoms with van der Waals surface area (Å²) in [5.74, 6) is -0.444. The zero-order valence-electron chi connectivity index (χ0n) is 10.5. The Balaban J connectivity index is 2.53. The van der Waals surface area contributed by atoms with Gasteiger partial charge in [0.15, 0.2) is 0 Å². The van der Waals surface area contributed by atoms with Gasteiger partial charge in [-0.2, -0.15) is 0 Å². The normalized spacial score (nSPS) is 10.1. The molecule has 0 unspecified atom stereocenters. The zero-order valence-corrected chi connectivity index (χ0v) is 10.5. The van der Waals surface area contributed by atoms with Crippen LogP contribution in [0.5, 0.6) is 0 Å². The van der Waals surface area contributed by atoms with Crippen LogP contribution in [-0.4, -0.2) is 22.1 Å². The van der Waals surface area contributed by atoms with Crippen molar-refractivity contribution in [1.29, 1.82) is 0 Å².